The molecule has 0 aromatic heterocycles. The number of sulfonamides is 1. The van der Waals surface area contributed by atoms with Crippen molar-refractivity contribution in [3.8, 4) is 0 Å². The summed E-state index contributed by atoms with van der Waals surface area (Å²) in [5, 5.41) is 0. The van der Waals surface area contributed by atoms with E-state index in [-0.39, 0.29) is 11.7 Å². The second-order valence-electron chi connectivity index (χ2n) is 7.17. The van der Waals surface area contributed by atoms with Gasteiger partial charge >= 0.3 is 0 Å². The molecule has 0 atom stereocenters. The molecule has 7 heteroatoms. The van der Waals surface area contributed by atoms with Crippen LogP contribution in [0.3, 0.4) is 0 Å². The molecular formula is C22H29N3O3S. The summed E-state index contributed by atoms with van der Waals surface area (Å²) in [6, 6.07) is 17.2. The molecule has 1 amide bonds. The Morgan fingerprint density at radius 2 is 1.55 bits per heavy atom. The SMILES string of the molecule is CCN(c1ccc(C(=O)N2CCN(Cc3ccccc3)CC2)cc1)S(=O)(=O)CC. The van der Waals surface area contributed by atoms with Crippen LogP contribution in [0, 0.1) is 0 Å². The third-order valence-corrected chi connectivity index (χ3v) is 7.17. The molecule has 1 heterocycles. The lowest BCUT2D eigenvalue weighted by Gasteiger charge is -2.35. The van der Waals surface area contributed by atoms with Gasteiger partial charge in [-0.2, -0.15) is 0 Å². The van der Waals surface area contributed by atoms with E-state index in [0.717, 1.165) is 19.6 Å². The molecule has 29 heavy (non-hydrogen) atoms. The fourth-order valence-corrected chi connectivity index (χ4v) is 4.75. The average Bonchev–Trinajstić information content (AvgIpc) is 2.75. The monoisotopic (exact) mass is 415 g/mol. The first-order valence-corrected chi connectivity index (χ1v) is 11.7. The minimum Gasteiger partial charge on any atom is -0.336 e. The lowest BCUT2D eigenvalue weighted by Crippen LogP contribution is -2.48. The van der Waals surface area contributed by atoms with Crippen molar-refractivity contribution >= 4 is 21.6 Å². The highest BCUT2D eigenvalue weighted by Gasteiger charge is 2.23. The van der Waals surface area contributed by atoms with Gasteiger partial charge in [-0.05, 0) is 43.7 Å². The van der Waals surface area contributed by atoms with Crippen LogP contribution < -0.4 is 4.31 Å². The molecule has 0 saturated carbocycles. The van der Waals surface area contributed by atoms with E-state index in [0.29, 0.717) is 30.9 Å². The van der Waals surface area contributed by atoms with Crippen LogP contribution in [-0.4, -0.2) is 62.6 Å². The van der Waals surface area contributed by atoms with Crippen LogP contribution in [0.2, 0.25) is 0 Å². The van der Waals surface area contributed by atoms with Gasteiger partial charge in [-0.15, -0.1) is 0 Å². The first kappa shape index (κ1) is 21.3. The molecule has 0 unspecified atom stereocenters. The fourth-order valence-electron chi connectivity index (χ4n) is 3.60. The predicted octanol–water partition coefficient (Wildman–Crippen LogP) is 2.82. The zero-order valence-corrected chi connectivity index (χ0v) is 17.9. The number of hydrogen-bond acceptors (Lipinski definition) is 4. The van der Waals surface area contributed by atoms with E-state index in [2.05, 4.69) is 17.0 Å². The Morgan fingerprint density at radius 1 is 0.931 bits per heavy atom. The predicted molar refractivity (Wildman–Crippen MR) is 117 cm³/mol. The third-order valence-electron chi connectivity index (χ3n) is 5.30. The second kappa shape index (κ2) is 9.41. The van der Waals surface area contributed by atoms with Gasteiger partial charge in [-0.1, -0.05) is 30.3 Å². The number of anilines is 1. The lowest BCUT2D eigenvalue weighted by atomic mass is 10.1. The van der Waals surface area contributed by atoms with Crippen LogP contribution in [0.15, 0.2) is 54.6 Å². The summed E-state index contributed by atoms with van der Waals surface area (Å²) in [5.74, 6) is 0.0479. The van der Waals surface area contributed by atoms with Crippen molar-refractivity contribution < 1.29 is 13.2 Å². The maximum atomic E-state index is 12.8. The van der Waals surface area contributed by atoms with E-state index in [4.69, 9.17) is 0 Å². The zero-order valence-electron chi connectivity index (χ0n) is 17.1. The van der Waals surface area contributed by atoms with Gasteiger partial charge in [0.2, 0.25) is 10.0 Å². The Morgan fingerprint density at radius 3 is 2.10 bits per heavy atom. The van der Waals surface area contributed by atoms with Gasteiger partial charge in [0.1, 0.15) is 0 Å². The summed E-state index contributed by atoms with van der Waals surface area (Å²) < 4.78 is 25.8. The third kappa shape index (κ3) is 5.16. The van der Waals surface area contributed by atoms with Crippen LogP contribution in [0.5, 0.6) is 0 Å². The van der Waals surface area contributed by atoms with Gasteiger partial charge in [0, 0.05) is 44.8 Å². The fraction of sp³-hybridized carbons (Fsp3) is 0.409. The molecule has 0 aliphatic carbocycles. The van der Waals surface area contributed by atoms with Crippen LogP contribution >= 0.6 is 0 Å². The molecule has 0 N–H and O–H groups in total. The van der Waals surface area contributed by atoms with Crippen molar-refractivity contribution in [1.82, 2.24) is 9.80 Å². The van der Waals surface area contributed by atoms with Crippen molar-refractivity contribution in [2.45, 2.75) is 20.4 Å². The highest BCUT2D eigenvalue weighted by atomic mass is 32.2. The van der Waals surface area contributed by atoms with Crippen molar-refractivity contribution in [3.63, 3.8) is 0 Å². The second-order valence-corrected chi connectivity index (χ2v) is 9.35. The van der Waals surface area contributed by atoms with E-state index in [9.17, 15) is 13.2 Å². The molecule has 156 valence electrons. The Kier molecular flexibility index (Phi) is 6.92. The van der Waals surface area contributed by atoms with E-state index in [1.807, 2.05) is 23.1 Å². The van der Waals surface area contributed by atoms with E-state index in [1.54, 1.807) is 38.1 Å². The van der Waals surface area contributed by atoms with Gasteiger partial charge < -0.3 is 4.90 Å². The van der Waals surface area contributed by atoms with Gasteiger partial charge in [-0.25, -0.2) is 8.42 Å². The van der Waals surface area contributed by atoms with E-state index >= 15 is 0 Å². The van der Waals surface area contributed by atoms with Crippen LogP contribution in [0.1, 0.15) is 29.8 Å². The number of piperazine rings is 1. The lowest BCUT2D eigenvalue weighted by molar-refractivity contribution is 0.0628. The molecular weight excluding hydrogens is 386 g/mol. The molecule has 1 fully saturated rings. The normalized spacial score (nSPS) is 15.3. The Bertz CT molecular complexity index is 906. The van der Waals surface area contributed by atoms with Gasteiger partial charge in [0.25, 0.3) is 5.91 Å². The van der Waals surface area contributed by atoms with E-state index < -0.39 is 10.0 Å². The van der Waals surface area contributed by atoms with Crippen LogP contribution in [0.4, 0.5) is 5.69 Å². The standard InChI is InChI=1S/C22H29N3O3S/c1-3-25(29(27,28)4-2)21-12-10-20(11-13-21)22(26)24-16-14-23(15-17-24)18-19-8-6-5-7-9-19/h5-13H,3-4,14-18H2,1-2H3. The maximum absolute atomic E-state index is 12.8. The Balaban J connectivity index is 1.60. The van der Waals surface area contributed by atoms with Crippen molar-refractivity contribution in [3.05, 3.63) is 65.7 Å². The molecule has 1 saturated heterocycles. The van der Waals surface area contributed by atoms with Crippen molar-refractivity contribution in [2.75, 3.05) is 42.8 Å². The number of nitrogens with zero attached hydrogens (tertiary/aromatic N) is 3. The smallest absolute Gasteiger partial charge is 0.253 e. The average molecular weight is 416 g/mol. The first-order chi connectivity index (χ1) is 13.9. The highest BCUT2D eigenvalue weighted by Crippen LogP contribution is 2.20. The summed E-state index contributed by atoms with van der Waals surface area (Å²) in [7, 11) is -3.32. The highest BCUT2D eigenvalue weighted by molar-refractivity contribution is 7.92. The van der Waals surface area contributed by atoms with E-state index in [1.165, 1.54) is 9.87 Å². The molecule has 1 aliphatic heterocycles. The van der Waals surface area contributed by atoms with Gasteiger partial charge in [0.05, 0.1) is 11.4 Å². The van der Waals surface area contributed by atoms with Crippen LogP contribution in [0.25, 0.3) is 0 Å². The van der Waals surface area contributed by atoms with Crippen LogP contribution in [-0.2, 0) is 16.6 Å². The number of rotatable bonds is 7. The van der Waals surface area contributed by atoms with Crippen molar-refractivity contribution in [2.24, 2.45) is 0 Å². The molecule has 2 aromatic carbocycles. The van der Waals surface area contributed by atoms with Gasteiger partial charge in [0.15, 0.2) is 0 Å². The minimum absolute atomic E-state index is 0.00249. The number of amides is 1. The number of carbonyl (C=O) groups is 1. The summed E-state index contributed by atoms with van der Waals surface area (Å²) >= 11 is 0. The summed E-state index contributed by atoms with van der Waals surface area (Å²) in [5.41, 5.74) is 2.47. The number of hydrogen-bond donors (Lipinski definition) is 0. The maximum Gasteiger partial charge on any atom is 0.253 e. The first-order valence-electron chi connectivity index (χ1n) is 10.1. The largest absolute Gasteiger partial charge is 0.336 e. The zero-order chi connectivity index (χ0) is 20.9. The molecule has 0 radical (unpaired) electrons. The summed E-state index contributed by atoms with van der Waals surface area (Å²) in [6.07, 6.45) is 0. The summed E-state index contributed by atoms with van der Waals surface area (Å²) in [6.45, 7) is 7.78. The quantitative estimate of drug-likeness (QED) is 0.698. The minimum atomic E-state index is -3.32. The van der Waals surface area contributed by atoms with Crippen molar-refractivity contribution in [1.29, 1.82) is 0 Å². The summed E-state index contributed by atoms with van der Waals surface area (Å²) in [4.78, 5) is 17.1. The Labute approximate surface area is 173 Å². The number of benzene rings is 2. The molecule has 6 nitrogen and oxygen atoms in total. The molecule has 2 aromatic rings. The molecule has 0 bridgehead atoms. The molecule has 0 spiro atoms. The van der Waals surface area contributed by atoms with Gasteiger partial charge in [-0.3, -0.25) is 14.0 Å². The Hall–Kier alpha value is -2.38. The molecule has 3 rings (SSSR count). The number of carbonyl (C=O) groups excluding carboxylic acids is 1. The topological polar surface area (TPSA) is 60.9 Å². The molecule has 1 aliphatic rings.